The van der Waals surface area contributed by atoms with Crippen LogP contribution in [0.4, 0.5) is 0 Å². The molecule has 1 unspecified atom stereocenters. The molecule has 0 amide bonds. The predicted octanol–water partition coefficient (Wildman–Crippen LogP) is 5.84. The van der Waals surface area contributed by atoms with Gasteiger partial charge in [-0.2, -0.15) is 0 Å². The van der Waals surface area contributed by atoms with Gasteiger partial charge >= 0.3 is 5.97 Å². The van der Waals surface area contributed by atoms with E-state index >= 15 is 0 Å². The van der Waals surface area contributed by atoms with E-state index in [1.165, 1.54) is 18.1 Å². The Kier molecular flexibility index (Phi) is 8.76. The maximum absolute atomic E-state index is 11.3. The smallest absolute Gasteiger partial charge is 0.314 e. The maximum atomic E-state index is 11.3. The SMILES string of the molecule is CC(=O)C(CCCCCCCC(c1ccccc1)c1ccccc1)C(=O)O. The van der Waals surface area contributed by atoms with Crippen LogP contribution in [0.1, 0.15) is 68.9 Å². The molecule has 0 aromatic heterocycles. The number of Topliss-reactive ketones (excluding diaryl/α,β-unsaturated/α-hetero) is 1. The lowest BCUT2D eigenvalue weighted by Crippen LogP contribution is -2.21. The summed E-state index contributed by atoms with van der Waals surface area (Å²) in [6, 6.07) is 21.3. The Labute approximate surface area is 162 Å². The number of hydrogen-bond acceptors (Lipinski definition) is 2. The van der Waals surface area contributed by atoms with Crippen LogP contribution >= 0.6 is 0 Å². The summed E-state index contributed by atoms with van der Waals surface area (Å²) in [5.74, 6) is -1.64. The molecule has 0 radical (unpaired) electrons. The van der Waals surface area contributed by atoms with Crippen molar-refractivity contribution in [3.05, 3.63) is 71.8 Å². The van der Waals surface area contributed by atoms with Gasteiger partial charge in [0, 0.05) is 5.92 Å². The molecule has 144 valence electrons. The Hall–Kier alpha value is -2.42. The third-order valence-electron chi connectivity index (χ3n) is 5.18. The van der Waals surface area contributed by atoms with Crippen LogP contribution in [0.15, 0.2) is 60.7 Å². The van der Waals surface area contributed by atoms with E-state index in [4.69, 9.17) is 5.11 Å². The summed E-state index contributed by atoms with van der Waals surface area (Å²) in [5, 5.41) is 9.04. The fraction of sp³-hybridized carbons (Fsp3) is 0.417. The first-order chi connectivity index (χ1) is 13.1. The van der Waals surface area contributed by atoms with Crippen molar-refractivity contribution in [2.24, 2.45) is 5.92 Å². The molecule has 1 atom stereocenters. The lowest BCUT2D eigenvalue weighted by molar-refractivity contribution is -0.146. The van der Waals surface area contributed by atoms with Crippen molar-refractivity contribution in [3.63, 3.8) is 0 Å². The molecule has 0 aliphatic rings. The van der Waals surface area contributed by atoms with Gasteiger partial charge in [-0.15, -0.1) is 0 Å². The highest BCUT2D eigenvalue weighted by Gasteiger charge is 2.21. The number of carbonyl (C=O) groups is 2. The second kappa shape index (κ2) is 11.3. The summed E-state index contributed by atoms with van der Waals surface area (Å²) in [6.45, 7) is 1.37. The minimum absolute atomic E-state index is 0.240. The van der Waals surface area contributed by atoms with Crippen LogP contribution in [-0.4, -0.2) is 16.9 Å². The van der Waals surface area contributed by atoms with E-state index < -0.39 is 11.9 Å². The van der Waals surface area contributed by atoms with Gasteiger partial charge in [0.1, 0.15) is 11.7 Å². The van der Waals surface area contributed by atoms with Crippen molar-refractivity contribution in [1.29, 1.82) is 0 Å². The van der Waals surface area contributed by atoms with Crippen LogP contribution < -0.4 is 0 Å². The first-order valence-corrected chi connectivity index (χ1v) is 9.92. The summed E-state index contributed by atoms with van der Waals surface area (Å²) in [5.41, 5.74) is 2.71. The number of aliphatic carboxylic acids is 1. The van der Waals surface area contributed by atoms with E-state index in [1.807, 2.05) is 0 Å². The number of unbranched alkanes of at least 4 members (excludes halogenated alkanes) is 4. The summed E-state index contributed by atoms with van der Waals surface area (Å²) in [6.07, 6.45) is 6.72. The van der Waals surface area contributed by atoms with Crippen molar-refractivity contribution in [2.45, 2.75) is 57.8 Å². The lowest BCUT2D eigenvalue weighted by atomic mass is 9.86. The molecular formula is C24H30O3. The van der Waals surface area contributed by atoms with Crippen LogP contribution in [0.3, 0.4) is 0 Å². The molecule has 0 fully saturated rings. The van der Waals surface area contributed by atoms with E-state index in [-0.39, 0.29) is 5.78 Å². The summed E-state index contributed by atoms with van der Waals surface area (Å²) in [7, 11) is 0. The Balaban J connectivity index is 1.76. The Bertz CT molecular complexity index is 641. The molecule has 0 saturated carbocycles. The number of hydrogen-bond donors (Lipinski definition) is 1. The highest BCUT2D eigenvalue weighted by Crippen LogP contribution is 2.30. The molecule has 27 heavy (non-hydrogen) atoms. The van der Waals surface area contributed by atoms with E-state index in [0.717, 1.165) is 38.5 Å². The van der Waals surface area contributed by atoms with Gasteiger partial charge in [0.25, 0.3) is 0 Å². The molecule has 0 bridgehead atoms. The average molecular weight is 367 g/mol. The number of carboxylic acids is 1. The molecule has 3 heteroatoms. The first-order valence-electron chi connectivity index (χ1n) is 9.92. The van der Waals surface area contributed by atoms with Crippen LogP contribution in [-0.2, 0) is 9.59 Å². The Morgan fingerprint density at radius 3 is 1.63 bits per heavy atom. The van der Waals surface area contributed by atoms with Crippen LogP contribution in [0.5, 0.6) is 0 Å². The number of carbonyl (C=O) groups excluding carboxylic acids is 1. The standard InChI is InChI=1S/C24H30O3/c1-19(25)22(24(26)27)17-11-3-2-4-12-18-23(20-13-7-5-8-14-20)21-15-9-6-10-16-21/h5-10,13-16,22-23H,2-4,11-12,17-18H2,1H3,(H,26,27). The molecule has 2 aromatic carbocycles. The molecule has 0 heterocycles. The molecule has 1 N–H and O–H groups in total. The molecule has 0 aliphatic heterocycles. The second-order valence-corrected chi connectivity index (χ2v) is 7.22. The minimum atomic E-state index is -0.990. The van der Waals surface area contributed by atoms with Gasteiger partial charge in [0.2, 0.25) is 0 Å². The molecule has 0 aliphatic carbocycles. The topological polar surface area (TPSA) is 54.4 Å². The van der Waals surface area contributed by atoms with E-state index in [1.54, 1.807) is 0 Å². The van der Waals surface area contributed by atoms with Crippen molar-refractivity contribution in [2.75, 3.05) is 0 Å². The largest absolute Gasteiger partial charge is 0.481 e. The van der Waals surface area contributed by atoms with Crippen molar-refractivity contribution in [3.8, 4) is 0 Å². The van der Waals surface area contributed by atoms with Gasteiger partial charge in [-0.05, 0) is 30.9 Å². The number of benzene rings is 2. The van der Waals surface area contributed by atoms with Crippen molar-refractivity contribution >= 4 is 11.8 Å². The third-order valence-corrected chi connectivity index (χ3v) is 5.18. The zero-order chi connectivity index (χ0) is 19.5. The second-order valence-electron chi connectivity index (χ2n) is 7.22. The number of carboxylic acid groups (broad SMARTS) is 1. The maximum Gasteiger partial charge on any atom is 0.314 e. The third kappa shape index (κ3) is 7.01. The Morgan fingerprint density at radius 1 is 0.741 bits per heavy atom. The molecule has 3 nitrogen and oxygen atoms in total. The van der Waals surface area contributed by atoms with Gasteiger partial charge < -0.3 is 5.11 Å². The van der Waals surface area contributed by atoms with E-state index in [0.29, 0.717) is 12.3 Å². The minimum Gasteiger partial charge on any atom is -0.481 e. The monoisotopic (exact) mass is 366 g/mol. The van der Waals surface area contributed by atoms with Crippen LogP contribution in [0.25, 0.3) is 0 Å². The summed E-state index contributed by atoms with van der Waals surface area (Å²) >= 11 is 0. The highest BCUT2D eigenvalue weighted by molar-refractivity contribution is 5.96. The fourth-order valence-electron chi connectivity index (χ4n) is 3.62. The molecule has 2 aromatic rings. The normalized spacial score (nSPS) is 12.1. The molecular weight excluding hydrogens is 336 g/mol. The summed E-state index contributed by atoms with van der Waals surface area (Å²) < 4.78 is 0. The quantitative estimate of drug-likeness (QED) is 0.379. The predicted molar refractivity (Wildman–Crippen MR) is 109 cm³/mol. The molecule has 0 spiro atoms. The van der Waals surface area contributed by atoms with Crippen LogP contribution in [0.2, 0.25) is 0 Å². The lowest BCUT2D eigenvalue weighted by Gasteiger charge is -2.18. The van der Waals surface area contributed by atoms with Crippen molar-refractivity contribution < 1.29 is 14.7 Å². The highest BCUT2D eigenvalue weighted by atomic mass is 16.4. The van der Waals surface area contributed by atoms with E-state index in [2.05, 4.69) is 60.7 Å². The molecule has 0 saturated heterocycles. The van der Waals surface area contributed by atoms with E-state index in [9.17, 15) is 9.59 Å². The summed E-state index contributed by atoms with van der Waals surface area (Å²) in [4.78, 5) is 22.3. The first kappa shape index (κ1) is 20.9. The number of rotatable bonds is 12. The van der Waals surface area contributed by atoms with Gasteiger partial charge in [-0.1, -0.05) is 92.8 Å². The van der Waals surface area contributed by atoms with Gasteiger partial charge in [-0.25, -0.2) is 0 Å². The van der Waals surface area contributed by atoms with Gasteiger partial charge in [0.15, 0.2) is 0 Å². The number of ketones is 1. The van der Waals surface area contributed by atoms with Gasteiger partial charge in [0.05, 0.1) is 0 Å². The fourth-order valence-corrected chi connectivity index (χ4v) is 3.62. The van der Waals surface area contributed by atoms with Crippen molar-refractivity contribution in [1.82, 2.24) is 0 Å². The zero-order valence-corrected chi connectivity index (χ0v) is 16.1. The zero-order valence-electron chi connectivity index (χ0n) is 16.1. The molecule has 2 rings (SSSR count). The van der Waals surface area contributed by atoms with Gasteiger partial charge in [-0.3, -0.25) is 9.59 Å². The average Bonchev–Trinajstić information content (AvgIpc) is 2.67. The van der Waals surface area contributed by atoms with Crippen LogP contribution in [0, 0.1) is 5.92 Å². The Morgan fingerprint density at radius 2 is 1.19 bits per heavy atom.